The SMILES string of the molecule is C1=CC2=C(CNN2)C(CCN2CCOCC2)C1. The summed E-state index contributed by atoms with van der Waals surface area (Å²) in [4.78, 5) is 2.53. The molecule has 0 radical (unpaired) electrons. The second-order valence-corrected chi connectivity index (χ2v) is 5.00. The van der Waals surface area contributed by atoms with E-state index in [0.29, 0.717) is 0 Å². The number of nitrogens with zero attached hydrogens (tertiary/aromatic N) is 1. The zero-order valence-corrected chi connectivity index (χ0v) is 10.2. The summed E-state index contributed by atoms with van der Waals surface area (Å²) in [7, 11) is 0. The number of ether oxygens (including phenoxy) is 1. The quantitative estimate of drug-likeness (QED) is 0.753. The predicted molar refractivity (Wildman–Crippen MR) is 67.3 cm³/mol. The normalized spacial score (nSPS) is 29.3. The first-order chi connectivity index (χ1) is 8.43. The summed E-state index contributed by atoms with van der Waals surface area (Å²) in [6, 6.07) is 0. The van der Waals surface area contributed by atoms with Crippen molar-refractivity contribution in [3.8, 4) is 0 Å². The van der Waals surface area contributed by atoms with E-state index in [9.17, 15) is 0 Å². The van der Waals surface area contributed by atoms with Crippen LogP contribution in [-0.4, -0.2) is 44.3 Å². The first-order valence-corrected chi connectivity index (χ1v) is 6.62. The summed E-state index contributed by atoms with van der Waals surface area (Å²) in [5, 5.41) is 0. The molecule has 0 aromatic heterocycles. The third-order valence-electron chi connectivity index (χ3n) is 3.94. The Hall–Kier alpha value is -0.840. The molecule has 0 aromatic carbocycles. The van der Waals surface area contributed by atoms with E-state index in [1.165, 1.54) is 25.1 Å². The van der Waals surface area contributed by atoms with Crippen LogP contribution in [0.5, 0.6) is 0 Å². The van der Waals surface area contributed by atoms with Crippen LogP contribution in [0.3, 0.4) is 0 Å². The average Bonchev–Trinajstić information content (AvgIpc) is 2.86. The molecule has 0 aromatic rings. The minimum absolute atomic E-state index is 0.723. The van der Waals surface area contributed by atoms with Gasteiger partial charge in [-0.05, 0) is 37.0 Å². The summed E-state index contributed by atoms with van der Waals surface area (Å²) in [5.41, 5.74) is 9.34. The van der Waals surface area contributed by atoms with Crippen LogP contribution in [0, 0.1) is 5.92 Å². The first kappa shape index (κ1) is 11.3. The zero-order valence-electron chi connectivity index (χ0n) is 10.2. The van der Waals surface area contributed by atoms with Gasteiger partial charge in [-0.15, -0.1) is 0 Å². The molecule has 1 saturated heterocycles. The monoisotopic (exact) mass is 235 g/mol. The lowest BCUT2D eigenvalue weighted by Crippen LogP contribution is -2.37. The number of rotatable bonds is 3. The Labute approximate surface area is 103 Å². The Kier molecular flexibility index (Phi) is 3.45. The Morgan fingerprint density at radius 3 is 3.12 bits per heavy atom. The molecule has 3 rings (SSSR count). The Bertz CT molecular complexity index is 332. The lowest BCUT2D eigenvalue weighted by molar-refractivity contribution is 0.0360. The molecule has 0 saturated carbocycles. The van der Waals surface area contributed by atoms with Crippen LogP contribution in [0.25, 0.3) is 0 Å². The molecule has 17 heavy (non-hydrogen) atoms. The van der Waals surface area contributed by atoms with Gasteiger partial charge in [0, 0.05) is 25.3 Å². The molecule has 0 amide bonds. The summed E-state index contributed by atoms with van der Waals surface area (Å²) in [6.45, 7) is 6.23. The van der Waals surface area contributed by atoms with E-state index in [4.69, 9.17) is 4.74 Å². The van der Waals surface area contributed by atoms with Crippen LogP contribution in [-0.2, 0) is 4.74 Å². The van der Waals surface area contributed by atoms with Crippen molar-refractivity contribution in [1.29, 1.82) is 0 Å². The minimum atomic E-state index is 0.723. The van der Waals surface area contributed by atoms with Gasteiger partial charge in [0.1, 0.15) is 0 Å². The van der Waals surface area contributed by atoms with E-state index in [-0.39, 0.29) is 0 Å². The van der Waals surface area contributed by atoms with Crippen molar-refractivity contribution < 1.29 is 4.74 Å². The third-order valence-corrected chi connectivity index (χ3v) is 3.94. The predicted octanol–water partition coefficient (Wildman–Crippen LogP) is 0.647. The van der Waals surface area contributed by atoms with E-state index in [1.807, 2.05) is 0 Å². The van der Waals surface area contributed by atoms with Crippen molar-refractivity contribution in [2.24, 2.45) is 5.92 Å². The summed E-state index contributed by atoms with van der Waals surface area (Å²) < 4.78 is 5.38. The molecule has 0 bridgehead atoms. The lowest BCUT2D eigenvalue weighted by Gasteiger charge is -2.29. The van der Waals surface area contributed by atoms with Crippen LogP contribution in [0.1, 0.15) is 12.8 Å². The van der Waals surface area contributed by atoms with Crippen LogP contribution < -0.4 is 10.9 Å². The molecule has 1 unspecified atom stereocenters. The molecule has 0 spiro atoms. The fraction of sp³-hybridized carbons (Fsp3) is 0.692. The fourth-order valence-corrected chi connectivity index (χ4v) is 2.87. The Morgan fingerprint density at radius 2 is 2.24 bits per heavy atom. The number of hydrazine groups is 1. The highest BCUT2D eigenvalue weighted by Gasteiger charge is 2.24. The second kappa shape index (κ2) is 5.21. The summed E-state index contributed by atoms with van der Waals surface area (Å²) in [6.07, 6.45) is 6.97. The standard InChI is InChI=1S/C13H21N3O/c1-2-11(12-10-14-15-13(12)3-1)4-5-16-6-8-17-9-7-16/h1,3,11,14-15H,2,4-10H2. The molecule has 2 heterocycles. The van der Waals surface area contributed by atoms with Gasteiger partial charge in [-0.25, -0.2) is 5.43 Å². The lowest BCUT2D eigenvalue weighted by atomic mass is 9.87. The van der Waals surface area contributed by atoms with Crippen molar-refractivity contribution in [1.82, 2.24) is 15.8 Å². The van der Waals surface area contributed by atoms with E-state index in [0.717, 1.165) is 38.8 Å². The zero-order chi connectivity index (χ0) is 11.5. The molecule has 1 fully saturated rings. The maximum absolute atomic E-state index is 5.38. The van der Waals surface area contributed by atoms with Crippen LogP contribution in [0.4, 0.5) is 0 Å². The highest BCUT2D eigenvalue weighted by Crippen LogP contribution is 2.28. The van der Waals surface area contributed by atoms with Gasteiger partial charge < -0.3 is 10.2 Å². The molecule has 4 heteroatoms. The first-order valence-electron chi connectivity index (χ1n) is 6.62. The van der Waals surface area contributed by atoms with E-state index >= 15 is 0 Å². The van der Waals surface area contributed by atoms with Crippen molar-refractivity contribution in [3.05, 3.63) is 23.4 Å². The molecular formula is C13H21N3O. The number of allylic oxidation sites excluding steroid dienone is 2. The molecule has 4 nitrogen and oxygen atoms in total. The minimum Gasteiger partial charge on any atom is -0.379 e. The number of hydrogen-bond acceptors (Lipinski definition) is 4. The van der Waals surface area contributed by atoms with Crippen molar-refractivity contribution in [2.75, 3.05) is 39.4 Å². The summed E-state index contributed by atoms with van der Waals surface area (Å²) >= 11 is 0. The highest BCUT2D eigenvalue weighted by atomic mass is 16.5. The topological polar surface area (TPSA) is 36.5 Å². The maximum atomic E-state index is 5.38. The molecular weight excluding hydrogens is 214 g/mol. The smallest absolute Gasteiger partial charge is 0.0594 e. The van der Waals surface area contributed by atoms with Crippen molar-refractivity contribution in [2.45, 2.75) is 12.8 Å². The van der Waals surface area contributed by atoms with Gasteiger partial charge in [0.25, 0.3) is 0 Å². The second-order valence-electron chi connectivity index (χ2n) is 5.00. The number of morpholine rings is 1. The molecule has 2 N–H and O–H groups in total. The van der Waals surface area contributed by atoms with E-state index in [1.54, 1.807) is 5.57 Å². The summed E-state index contributed by atoms with van der Waals surface area (Å²) in [5.74, 6) is 0.723. The van der Waals surface area contributed by atoms with E-state index < -0.39 is 0 Å². The highest BCUT2D eigenvalue weighted by molar-refractivity contribution is 5.33. The van der Waals surface area contributed by atoms with Gasteiger partial charge in [-0.2, -0.15) is 0 Å². The van der Waals surface area contributed by atoms with Gasteiger partial charge in [0.15, 0.2) is 0 Å². The Morgan fingerprint density at radius 1 is 1.35 bits per heavy atom. The van der Waals surface area contributed by atoms with Crippen LogP contribution in [0.15, 0.2) is 23.4 Å². The Balaban J connectivity index is 1.53. The third kappa shape index (κ3) is 2.54. The fourth-order valence-electron chi connectivity index (χ4n) is 2.87. The number of hydrogen-bond donors (Lipinski definition) is 2. The molecule has 1 aliphatic carbocycles. The molecule has 94 valence electrons. The largest absolute Gasteiger partial charge is 0.379 e. The van der Waals surface area contributed by atoms with Gasteiger partial charge in [0.05, 0.1) is 13.2 Å². The number of nitrogens with one attached hydrogen (secondary N) is 2. The van der Waals surface area contributed by atoms with Gasteiger partial charge in [-0.3, -0.25) is 4.90 Å². The average molecular weight is 235 g/mol. The van der Waals surface area contributed by atoms with Crippen LogP contribution in [0.2, 0.25) is 0 Å². The van der Waals surface area contributed by atoms with Gasteiger partial charge >= 0.3 is 0 Å². The van der Waals surface area contributed by atoms with Crippen LogP contribution >= 0.6 is 0 Å². The molecule has 1 atom stereocenters. The van der Waals surface area contributed by atoms with Crippen molar-refractivity contribution >= 4 is 0 Å². The molecule has 3 aliphatic rings. The maximum Gasteiger partial charge on any atom is 0.0594 e. The van der Waals surface area contributed by atoms with Gasteiger partial charge in [0.2, 0.25) is 0 Å². The van der Waals surface area contributed by atoms with E-state index in [2.05, 4.69) is 27.9 Å². The van der Waals surface area contributed by atoms with Crippen molar-refractivity contribution in [3.63, 3.8) is 0 Å². The molecule has 2 aliphatic heterocycles. The van der Waals surface area contributed by atoms with Gasteiger partial charge in [-0.1, -0.05) is 6.08 Å².